The highest BCUT2D eigenvalue weighted by atomic mass is 32.2. The van der Waals surface area contributed by atoms with Crippen LogP contribution in [0.3, 0.4) is 0 Å². The van der Waals surface area contributed by atoms with Crippen LogP contribution >= 0.6 is 11.3 Å². The second-order valence-corrected chi connectivity index (χ2v) is 12.0. The third-order valence-corrected chi connectivity index (χ3v) is 10.0. The molecule has 0 aliphatic carbocycles. The number of primary amides is 1. The molecule has 6 nitrogen and oxygen atoms in total. The van der Waals surface area contributed by atoms with Gasteiger partial charge in [-0.15, -0.1) is 11.3 Å². The molecule has 4 aromatic rings. The van der Waals surface area contributed by atoms with E-state index in [9.17, 15) is 13.2 Å². The Hall–Kier alpha value is -2.94. The zero-order chi connectivity index (χ0) is 23.9. The Morgan fingerprint density at radius 2 is 1.85 bits per heavy atom. The number of rotatable bonds is 6. The van der Waals surface area contributed by atoms with E-state index in [1.54, 1.807) is 10.4 Å². The Kier molecular flexibility index (Phi) is 6.06. The van der Waals surface area contributed by atoms with Gasteiger partial charge in [-0.05, 0) is 77.1 Å². The zero-order valence-corrected chi connectivity index (χ0v) is 20.6. The number of nitrogens with zero attached hydrogens (tertiary/aromatic N) is 1. The second-order valence-electron chi connectivity index (χ2n) is 8.93. The van der Waals surface area contributed by atoms with Crippen LogP contribution in [-0.2, 0) is 21.2 Å². The average molecular weight is 494 g/mol. The Morgan fingerprint density at radius 1 is 1.12 bits per heavy atom. The fraction of sp³-hybridized carbons (Fsp3) is 0.269. The first-order valence-electron chi connectivity index (χ1n) is 11.4. The predicted octanol–water partition coefficient (Wildman–Crippen LogP) is 4.80. The van der Waals surface area contributed by atoms with Crippen LogP contribution < -0.4 is 5.73 Å². The normalized spacial score (nSPS) is 15.7. The molecule has 0 unspecified atom stereocenters. The van der Waals surface area contributed by atoms with E-state index >= 15 is 0 Å². The first kappa shape index (κ1) is 22.8. The van der Waals surface area contributed by atoms with Crippen molar-refractivity contribution in [1.82, 2.24) is 9.29 Å². The van der Waals surface area contributed by atoms with Crippen LogP contribution in [0.15, 0.2) is 64.3 Å². The minimum absolute atomic E-state index is 0.161. The van der Waals surface area contributed by atoms with Crippen LogP contribution in [0.1, 0.15) is 35.4 Å². The molecule has 2 aromatic carbocycles. The molecule has 1 aliphatic heterocycles. The maximum atomic E-state index is 13.0. The van der Waals surface area contributed by atoms with Crippen molar-refractivity contribution < 1.29 is 13.2 Å². The number of nitrogens with two attached hydrogens (primary N) is 1. The summed E-state index contributed by atoms with van der Waals surface area (Å²) in [4.78, 5) is 15.1. The lowest BCUT2D eigenvalue weighted by Crippen LogP contribution is -2.37. The largest absolute Gasteiger partial charge is 0.369 e. The molecule has 3 N–H and O–H groups in total. The third-order valence-electron chi connectivity index (χ3n) is 6.57. The van der Waals surface area contributed by atoms with Gasteiger partial charge in [0, 0.05) is 30.2 Å². The highest BCUT2D eigenvalue weighted by molar-refractivity contribution is 7.91. The van der Waals surface area contributed by atoms with E-state index in [0.717, 1.165) is 46.0 Å². The molecule has 34 heavy (non-hydrogen) atoms. The van der Waals surface area contributed by atoms with Crippen molar-refractivity contribution in [2.45, 2.75) is 36.3 Å². The summed E-state index contributed by atoms with van der Waals surface area (Å²) in [5.74, 6) is -0.136. The molecule has 1 fully saturated rings. The van der Waals surface area contributed by atoms with Gasteiger partial charge in [0.1, 0.15) is 4.21 Å². The van der Waals surface area contributed by atoms with E-state index in [4.69, 9.17) is 5.73 Å². The van der Waals surface area contributed by atoms with Crippen LogP contribution in [0.25, 0.3) is 22.0 Å². The molecule has 1 aliphatic rings. The van der Waals surface area contributed by atoms with Gasteiger partial charge in [-0.1, -0.05) is 30.3 Å². The van der Waals surface area contributed by atoms with Crippen LogP contribution in [-0.4, -0.2) is 36.7 Å². The Morgan fingerprint density at radius 3 is 2.50 bits per heavy atom. The SMILES string of the molecule is Cc1csc(S(=O)(=O)N2CCC(c3c[nH]c4c(CC(N)=O)cc(-c5ccccc5)cc34)CC2)c1. The molecule has 2 aromatic heterocycles. The number of aryl methyl sites for hydroxylation is 1. The quantitative estimate of drug-likeness (QED) is 0.404. The number of aromatic nitrogens is 1. The second kappa shape index (κ2) is 9.02. The van der Waals surface area contributed by atoms with Gasteiger partial charge < -0.3 is 10.7 Å². The predicted molar refractivity (Wildman–Crippen MR) is 136 cm³/mol. The van der Waals surface area contributed by atoms with Crippen LogP contribution in [0.4, 0.5) is 0 Å². The Bertz CT molecular complexity index is 1450. The number of carbonyl (C=O) groups excluding carboxylic acids is 1. The molecule has 0 saturated carbocycles. The third kappa shape index (κ3) is 4.29. The summed E-state index contributed by atoms with van der Waals surface area (Å²) in [6.45, 7) is 2.89. The standard InChI is InChI=1S/C26H27N3O3S2/c1-17-11-25(33-16-17)34(31,32)29-9-7-19(8-10-29)23-15-28-26-21(14-24(27)30)12-20(13-22(23)26)18-5-3-2-4-6-18/h2-6,11-13,15-16,19,28H,7-10,14H2,1H3,(H2,27,30). The molecule has 0 atom stereocenters. The average Bonchev–Trinajstić information content (AvgIpc) is 3.46. The fourth-order valence-corrected chi connectivity index (χ4v) is 7.72. The molecule has 5 rings (SSSR count). The summed E-state index contributed by atoms with van der Waals surface area (Å²) in [6, 6.07) is 16.0. The molecule has 0 spiro atoms. The van der Waals surface area contributed by atoms with Gasteiger partial charge in [0.05, 0.1) is 6.42 Å². The van der Waals surface area contributed by atoms with Gasteiger partial charge >= 0.3 is 0 Å². The number of carbonyl (C=O) groups is 1. The molecule has 8 heteroatoms. The maximum absolute atomic E-state index is 13.0. The monoisotopic (exact) mass is 493 g/mol. The van der Waals surface area contributed by atoms with Crippen molar-refractivity contribution >= 4 is 38.2 Å². The Balaban J connectivity index is 1.46. The van der Waals surface area contributed by atoms with Crippen molar-refractivity contribution in [3.63, 3.8) is 0 Å². The molecule has 1 amide bonds. The van der Waals surface area contributed by atoms with Gasteiger partial charge in [0.15, 0.2) is 0 Å². The lowest BCUT2D eigenvalue weighted by atomic mass is 9.88. The summed E-state index contributed by atoms with van der Waals surface area (Å²) in [6.07, 6.45) is 3.67. The lowest BCUT2D eigenvalue weighted by Gasteiger charge is -2.30. The Labute approximate surface area is 203 Å². The number of sulfonamides is 1. The maximum Gasteiger partial charge on any atom is 0.252 e. The van der Waals surface area contributed by atoms with Crippen LogP contribution in [0, 0.1) is 6.92 Å². The topological polar surface area (TPSA) is 96.3 Å². The van der Waals surface area contributed by atoms with Crippen LogP contribution in [0.2, 0.25) is 0 Å². The summed E-state index contributed by atoms with van der Waals surface area (Å²) >= 11 is 1.28. The van der Waals surface area contributed by atoms with Gasteiger partial charge in [-0.3, -0.25) is 4.79 Å². The first-order valence-corrected chi connectivity index (χ1v) is 13.7. The van der Waals surface area contributed by atoms with Crippen molar-refractivity contribution in [3.05, 3.63) is 76.8 Å². The lowest BCUT2D eigenvalue weighted by molar-refractivity contribution is -0.117. The smallest absolute Gasteiger partial charge is 0.252 e. The zero-order valence-electron chi connectivity index (χ0n) is 19.0. The van der Waals surface area contributed by atoms with E-state index in [-0.39, 0.29) is 18.2 Å². The molecule has 0 radical (unpaired) electrons. The van der Waals surface area contributed by atoms with Crippen molar-refractivity contribution in [2.75, 3.05) is 13.1 Å². The highest BCUT2D eigenvalue weighted by Gasteiger charge is 2.32. The molecule has 0 bridgehead atoms. The minimum atomic E-state index is -3.45. The summed E-state index contributed by atoms with van der Waals surface area (Å²) in [7, 11) is -3.45. The number of piperidine rings is 1. The van der Waals surface area contributed by atoms with Gasteiger partial charge in [-0.25, -0.2) is 8.42 Å². The van der Waals surface area contributed by atoms with Crippen LogP contribution in [0.5, 0.6) is 0 Å². The number of benzene rings is 2. The number of hydrogen-bond acceptors (Lipinski definition) is 4. The molecule has 1 saturated heterocycles. The molecule has 3 heterocycles. The van der Waals surface area contributed by atoms with Gasteiger partial charge in [0.25, 0.3) is 10.0 Å². The molecular formula is C26H27N3O3S2. The first-order chi connectivity index (χ1) is 16.3. The van der Waals surface area contributed by atoms with Gasteiger partial charge in [0.2, 0.25) is 5.91 Å². The fourth-order valence-electron chi connectivity index (χ4n) is 4.86. The summed E-state index contributed by atoms with van der Waals surface area (Å²) < 4.78 is 28.1. The van der Waals surface area contributed by atoms with E-state index in [1.807, 2.05) is 42.8 Å². The number of fused-ring (bicyclic) bond motifs is 1. The summed E-state index contributed by atoms with van der Waals surface area (Å²) in [5.41, 5.74) is 11.6. The number of hydrogen-bond donors (Lipinski definition) is 2. The highest BCUT2D eigenvalue weighted by Crippen LogP contribution is 2.38. The van der Waals surface area contributed by atoms with E-state index in [0.29, 0.717) is 17.3 Å². The number of H-pyrrole nitrogens is 1. The van der Waals surface area contributed by atoms with E-state index < -0.39 is 10.0 Å². The van der Waals surface area contributed by atoms with Crippen molar-refractivity contribution in [2.24, 2.45) is 5.73 Å². The summed E-state index contributed by atoms with van der Waals surface area (Å²) in [5, 5.41) is 2.95. The van der Waals surface area contributed by atoms with E-state index in [1.165, 1.54) is 16.9 Å². The molecular weight excluding hydrogens is 466 g/mol. The van der Waals surface area contributed by atoms with E-state index in [2.05, 4.69) is 23.2 Å². The van der Waals surface area contributed by atoms with Crippen molar-refractivity contribution in [1.29, 1.82) is 0 Å². The van der Waals surface area contributed by atoms with Gasteiger partial charge in [-0.2, -0.15) is 4.31 Å². The number of nitrogens with one attached hydrogen (secondary N) is 1. The minimum Gasteiger partial charge on any atom is -0.369 e. The van der Waals surface area contributed by atoms with Crippen molar-refractivity contribution in [3.8, 4) is 11.1 Å². The number of amides is 1. The molecule has 176 valence electrons. The number of aromatic amines is 1. The number of thiophene rings is 1.